The molecule has 1 aromatic rings. The van der Waals surface area contributed by atoms with Crippen LogP contribution in [0.15, 0.2) is 29.3 Å². The molecule has 0 radical (unpaired) electrons. The molecular weight excluding hydrogens is 420 g/mol. The predicted molar refractivity (Wildman–Crippen MR) is 109 cm³/mol. The van der Waals surface area contributed by atoms with Crippen LogP contribution in [0.1, 0.15) is 12.5 Å². The fraction of sp³-hybridized carbons (Fsp3) is 0.588. The van der Waals surface area contributed by atoms with Gasteiger partial charge in [0.1, 0.15) is 5.82 Å². The Labute approximate surface area is 161 Å². The molecular formula is C17H29FIN5. The molecule has 136 valence electrons. The lowest BCUT2D eigenvalue weighted by atomic mass is 10.2. The second-order valence-electron chi connectivity index (χ2n) is 5.75. The number of halogens is 2. The second-order valence-corrected chi connectivity index (χ2v) is 5.75. The van der Waals surface area contributed by atoms with Crippen molar-refractivity contribution in [1.82, 2.24) is 20.4 Å². The molecule has 1 aliphatic rings. The third-order valence-electron chi connectivity index (χ3n) is 4.23. The molecule has 1 fully saturated rings. The van der Waals surface area contributed by atoms with Crippen molar-refractivity contribution in [2.75, 3.05) is 52.9 Å². The van der Waals surface area contributed by atoms with Crippen molar-refractivity contribution in [1.29, 1.82) is 0 Å². The number of hydrogen-bond acceptors (Lipinski definition) is 3. The van der Waals surface area contributed by atoms with Crippen LogP contribution < -0.4 is 10.6 Å². The highest BCUT2D eigenvalue weighted by Crippen LogP contribution is 2.02. The van der Waals surface area contributed by atoms with Crippen LogP contribution in [0.3, 0.4) is 0 Å². The normalized spacial score (nSPS) is 16.5. The molecule has 1 aliphatic heterocycles. The van der Waals surface area contributed by atoms with Crippen LogP contribution in [-0.2, 0) is 6.54 Å². The summed E-state index contributed by atoms with van der Waals surface area (Å²) < 4.78 is 12.9. The minimum absolute atomic E-state index is 0. The number of likely N-dealkylation sites (N-methyl/N-ethyl adjacent to an activating group) is 1. The first-order valence-corrected chi connectivity index (χ1v) is 8.35. The van der Waals surface area contributed by atoms with Gasteiger partial charge in [0, 0.05) is 52.9 Å². The first-order valence-electron chi connectivity index (χ1n) is 8.35. The quantitative estimate of drug-likeness (QED) is 0.395. The molecule has 24 heavy (non-hydrogen) atoms. The summed E-state index contributed by atoms with van der Waals surface area (Å²) in [5.41, 5.74) is 1.03. The van der Waals surface area contributed by atoms with Crippen molar-refractivity contribution < 1.29 is 4.39 Å². The number of nitrogens with zero attached hydrogens (tertiary/aromatic N) is 3. The average Bonchev–Trinajstić information content (AvgIpc) is 2.60. The van der Waals surface area contributed by atoms with Crippen molar-refractivity contribution in [3.63, 3.8) is 0 Å². The minimum Gasteiger partial charge on any atom is -0.355 e. The number of nitrogens with one attached hydrogen (secondary N) is 2. The largest absolute Gasteiger partial charge is 0.355 e. The van der Waals surface area contributed by atoms with Crippen LogP contribution in [0.25, 0.3) is 0 Å². The Morgan fingerprint density at radius 3 is 2.29 bits per heavy atom. The fourth-order valence-corrected chi connectivity index (χ4v) is 2.67. The lowest BCUT2D eigenvalue weighted by molar-refractivity contribution is 0.139. The average molecular weight is 449 g/mol. The molecule has 7 heteroatoms. The van der Waals surface area contributed by atoms with Gasteiger partial charge in [0.15, 0.2) is 5.96 Å². The SMILES string of the molecule is CCN1CCN(CCNC(=NC)NCc2ccc(F)cc2)CC1.I. The maximum absolute atomic E-state index is 12.9. The molecule has 1 saturated heterocycles. The number of aliphatic imine (C=N–C) groups is 1. The van der Waals surface area contributed by atoms with Gasteiger partial charge in [0.05, 0.1) is 0 Å². The molecule has 1 aromatic carbocycles. The van der Waals surface area contributed by atoms with Gasteiger partial charge in [0.2, 0.25) is 0 Å². The molecule has 0 atom stereocenters. The molecule has 0 spiro atoms. The van der Waals surface area contributed by atoms with Crippen LogP contribution in [0.4, 0.5) is 4.39 Å². The highest BCUT2D eigenvalue weighted by atomic mass is 127. The summed E-state index contributed by atoms with van der Waals surface area (Å²) in [6.07, 6.45) is 0. The molecule has 0 unspecified atom stereocenters. The summed E-state index contributed by atoms with van der Waals surface area (Å²) in [5.74, 6) is 0.570. The lowest BCUT2D eigenvalue weighted by Crippen LogP contribution is -2.49. The lowest BCUT2D eigenvalue weighted by Gasteiger charge is -2.34. The molecule has 0 saturated carbocycles. The number of rotatable bonds is 6. The van der Waals surface area contributed by atoms with E-state index in [1.807, 2.05) is 0 Å². The number of benzene rings is 1. The molecule has 0 aliphatic carbocycles. The fourth-order valence-electron chi connectivity index (χ4n) is 2.67. The Kier molecular flexibility index (Phi) is 10.2. The Hall–Kier alpha value is -0.930. The highest BCUT2D eigenvalue weighted by molar-refractivity contribution is 14.0. The molecule has 1 heterocycles. The van der Waals surface area contributed by atoms with Crippen LogP contribution in [0.5, 0.6) is 0 Å². The van der Waals surface area contributed by atoms with E-state index < -0.39 is 0 Å². The summed E-state index contributed by atoms with van der Waals surface area (Å²) >= 11 is 0. The third kappa shape index (κ3) is 7.31. The van der Waals surface area contributed by atoms with E-state index in [9.17, 15) is 4.39 Å². The Morgan fingerprint density at radius 1 is 1.08 bits per heavy atom. The Balaban J connectivity index is 0.00000288. The molecule has 2 rings (SSSR count). The summed E-state index contributed by atoms with van der Waals surface area (Å²) in [5, 5.41) is 6.58. The van der Waals surface area contributed by atoms with Crippen molar-refractivity contribution in [3.8, 4) is 0 Å². The Bertz CT molecular complexity index is 486. The van der Waals surface area contributed by atoms with Crippen molar-refractivity contribution >= 4 is 29.9 Å². The standard InChI is InChI=1S/C17H28FN5.HI/c1-3-22-10-12-23(13-11-22)9-8-20-17(19-2)21-14-15-4-6-16(18)7-5-15;/h4-7H,3,8-14H2,1-2H3,(H2,19,20,21);1H. The number of guanidine groups is 1. The highest BCUT2D eigenvalue weighted by Gasteiger charge is 2.14. The van der Waals surface area contributed by atoms with Gasteiger partial charge in [-0.2, -0.15) is 0 Å². The Morgan fingerprint density at radius 2 is 1.71 bits per heavy atom. The van der Waals surface area contributed by atoms with Crippen LogP contribution in [0, 0.1) is 5.82 Å². The first-order chi connectivity index (χ1) is 11.2. The topological polar surface area (TPSA) is 42.9 Å². The van der Waals surface area contributed by atoms with Crippen molar-refractivity contribution in [3.05, 3.63) is 35.6 Å². The zero-order valence-electron chi connectivity index (χ0n) is 14.6. The molecule has 0 bridgehead atoms. The second kappa shape index (κ2) is 11.6. The van der Waals surface area contributed by atoms with E-state index in [1.54, 1.807) is 19.2 Å². The van der Waals surface area contributed by atoms with Gasteiger partial charge < -0.3 is 15.5 Å². The van der Waals surface area contributed by atoms with E-state index in [-0.39, 0.29) is 29.8 Å². The zero-order valence-corrected chi connectivity index (χ0v) is 16.9. The van der Waals surface area contributed by atoms with E-state index in [0.29, 0.717) is 6.54 Å². The minimum atomic E-state index is -0.209. The zero-order chi connectivity index (χ0) is 16.5. The van der Waals surface area contributed by atoms with Crippen LogP contribution in [0.2, 0.25) is 0 Å². The molecule has 5 nitrogen and oxygen atoms in total. The molecule has 0 aromatic heterocycles. The summed E-state index contributed by atoms with van der Waals surface area (Å²) in [6, 6.07) is 6.51. The maximum atomic E-state index is 12.9. The van der Waals surface area contributed by atoms with Gasteiger partial charge >= 0.3 is 0 Å². The van der Waals surface area contributed by atoms with Crippen molar-refractivity contribution in [2.45, 2.75) is 13.5 Å². The van der Waals surface area contributed by atoms with E-state index >= 15 is 0 Å². The molecule has 2 N–H and O–H groups in total. The monoisotopic (exact) mass is 449 g/mol. The first kappa shape index (κ1) is 21.1. The molecule has 0 amide bonds. The summed E-state index contributed by atoms with van der Waals surface area (Å²) in [4.78, 5) is 9.18. The van der Waals surface area contributed by atoms with Gasteiger partial charge in [-0.3, -0.25) is 9.89 Å². The van der Waals surface area contributed by atoms with Gasteiger partial charge in [0.25, 0.3) is 0 Å². The van der Waals surface area contributed by atoms with Gasteiger partial charge in [-0.1, -0.05) is 19.1 Å². The van der Waals surface area contributed by atoms with E-state index in [4.69, 9.17) is 0 Å². The van der Waals surface area contributed by atoms with Gasteiger partial charge in [-0.25, -0.2) is 4.39 Å². The van der Waals surface area contributed by atoms with E-state index in [0.717, 1.165) is 57.3 Å². The van der Waals surface area contributed by atoms with E-state index in [1.165, 1.54) is 12.1 Å². The van der Waals surface area contributed by atoms with Crippen LogP contribution in [-0.4, -0.2) is 68.6 Å². The summed E-state index contributed by atoms with van der Waals surface area (Å²) in [7, 11) is 1.76. The van der Waals surface area contributed by atoms with Gasteiger partial charge in [-0.15, -0.1) is 24.0 Å². The smallest absolute Gasteiger partial charge is 0.191 e. The van der Waals surface area contributed by atoms with E-state index in [2.05, 4.69) is 32.3 Å². The number of piperazine rings is 1. The van der Waals surface area contributed by atoms with Crippen molar-refractivity contribution in [2.24, 2.45) is 4.99 Å². The van der Waals surface area contributed by atoms with Gasteiger partial charge in [-0.05, 0) is 24.2 Å². The third-order valence-corrected chi connectivity index (χ3v) is 4.23. The maximum Gasteiger partial charge on any atom is 0.191 e. The summed E-state index contributed by atoms with van der Waals surface area (Å²) in [6.45, 7) is 10.5. The predicted octanol–water partition coefficient (Wildman–Crippen LogP) is 1.75. The van der Waals surface area contributed by atoms with Crippen LogP contribution >= 0.6 is 24.0 Å². The number of hydrogen-bond donors (Lipinski definition) is 2.